The molecular weight excluding hydrogens is 556 g/mol. The molecule has 0 amide bonds. The van der Waals surface area contributed by atoms with E-state index in [-0.39, 0.29) is 0 Å². The molecule has 226 valence electrons. The molecule has 45 heavy (non-hydrogen) atoms. The summed E-state index contributed by atoms with van der Waals surface area (Å²) in [5.41, 5.74) is 16.9. The van der Waals surface area contributed by atoms with E-state index in [0.29, 0.717) is 17.8 Å². The summed E-state index contributed by atoms with van der Waals surface area (Å²) in [6.07, 6.45) is 0. The van der Waals surface area contributed by atoms with Gasteiger partial charge < -0.3 is 26.8 Å². The number of nitrogens with zero attached hydrogens (tertiary/aromatic N) is 2. The smallest absolute Gasteiger partial charge is 0.198 e. The van der Waals surface area contributed by atoms with Crippen molar-refractivity contribution in [2.75, 3.05) is 17.7 Å². The number of rotatable bonds is 6. The van der Waals surface area contributed by atoms with Crippen molar-refractivity contribution >= 4 is 56.2 Å². The fourth-order valence-electron chi connectivity index (χ4n) is 4.90. The Balaban J connectivity index is 0.000000178. The molecule has 0 aromatic heterocycles. The second-order valence-corrected chi connectivity index (χ2v) is 10.8. The molecule has 0 heterocycles. The number of benzene rings is 6. The van der Waals surface area contributed by atoms with Crippen molar-refractivity contribution in [1.82, 2.24) is 0 Å². The van der Waals surface area contributed by atoms with Gasteiger partial charge in [0.05, 0.1) is 18.5 Å². The first-order valence-electron chi connectivity index (χ1n) is 14.8. The van der Waals surface area contributed by atoms with Gasteiger partial charge in [-0.15, -0.1) is 0 Å². The van der Waals surface area contributed by atoms with Crippen LogP contribution >= 0.6 is 0 Å². The molecule has 0 aliphatic heterocycles. The Hall–Kier alpha value is -5.82. The number of methoxy groups -OCH3 is 1. The van der Waals surface area contributed by atoms with Crippen LogP contribution in [0.15, 0.2) is 143 Å². The Bertz CT molecular complexity index is 1950. The van der Waals surface area contributed by atoms with Crippen LogP contribution in [0, 0.1) is 0 Å². The van der Waals surface area contributed by atoms with Gasteiger partial charge >= 0.3 is 0 Å². The van der Waals surface area contributed by atoms with Crippen molar-refractivity contribution < 1.29 is 4.74 Å². The van der Waals surface area contributed by atoms with Crippen molar-refractivity contribution in [3.05, 3.63) is 139 Å². The minimum atomic E-state index is 0.338. The fraction of sp³-hybridized carbons (Fsp3) is 0.105. The maximum Gasteiger partial charge on any atom is 0.198 e. The first-order valence-corrected chi connectivity index (χ1v) is 14.8. The number of hydrogen-bond acceptors (Lipinski definition) is 3. The van der Waals surface area contributed by atoms with Gasteiger partial charge in [-0.05, 0) is 58.7 Å². The van der Waals surface area contributed by atoms with Crippen LogP contribution in [0.5, 0.6) is 5.75 Å². The van der Waals surface area contributed by atoms with E-state index in [1.807, 2.05) is 91.0 Å². The van der Waals surface area contributed by atoms with Crippen molar-refractivity contribution in [3.63, 3.8) is 0 Å². The number of nitrogens with one attached hydrogen (secondary N) is 2. The van der Waals surface area contributed by atoms with Crippen molar-refractivity contribution in [2.24, 2.45) is 21.5 Å². The Kier molecular flexibility index (Phi) is 9.92. The third kappa shape index (κ3) is 8.18. The minimum absolute atomic E-state index is 0.338. The minimum Gasteiger partial charge on any atom is -0.497 e. The largest absolute Gasteiger partial charge is 0.497 e. The number of anilines is 2. The highest BCUT2D eigenvalue weighted by Gasteiger charge is 2.04. The van der Waals surface area contributed by atoms with Crippen LogP contribution in [-0.2, 0) is 0 Å². The Morgan fingerprint density at radius 1 is 0.578 bits per heavy atom. The van der Waals surface area contributed by atoms with Gasteiger partial charge in [-0.3, -0.25) is 0 Å². The zero-order chi connectivity index (χ0) is 31.6. The molecule has 0 unspecified atom stereocenters. The summed E-state index contributed by atoms with van der Waals surface area (Å²) in [4.78, 5) is 9.02. The highest BCUT2D eigenvalue weighted by atomic mass is 16.5. The molecule has 0 atom stereocenters. The van der Waals surface area contributed by atoms with E-state index < -0.39 is 0 Å². The predicted molar refractivity (Wildman–Crippen MR) is 191 cm³/mol. The van der Waals surface area contributed by atoms with Crippen LogP contribution in [0.4, 0.5) is 22.7 Å². The molecule has 7 nitrogen and oxygen atoms in total. The van der Waals surface area contributed by atoms with Crippen LogP contribution in [0.2, 0.25) is 0 Å². The zero-order valence-corrected chi connectivity index (χ0v) is 25.7. The predicted octanol–water partition coefficient (Wildman–Crippen LogP) is 8.93. The monoisotopic (exact) mass is 594 g/mol. The Morgan fingerprint density at radius 3 is 1.58 bits per heavy atom. The highest BCUT2D eigenvalue weighted by Crippen LogP contribution is 2.27. The average Bonchev–Trinajstić information content (AvgIpc) is 3.05. The third-order valence-corrected chi connectivity index (χ3v) is 7.18. The summed E-state index contributed by atoms with van der Waals surface area (Å²) in [7, 11) is 1.63. The van der Waals surface area contributed by atoms with E-state index in [9.17, 15) is 0 Å². The van der Waals surface area contributed by atoms with Crippen molar-refractivity contribution in [2.45, 2.75) is 19.8 Å². The maximum absolute atomic E-state index is 6.09. The molecule has 6 N–H and O–H groups in total. The molecule has 7 heteroatoms. The number of guanidine groups is 2. The van der Waals surface area contributed by atoms with Crippen LogP contribution in [0.25, 0.3) is 21.5 Å². The fourth-order valence-corrected chi connectivity index (χ4v) is 4.90. The molecule has 0 radical (unpaired) electrons. The summed E-state index contributed by atoms with van der Waals surface area (Å²) < 4.78 is 5.19. The van der Waals surface area contributed by atoms with Gasteiger partial charge in [-0.25, -0.2) is 9.98 Å². The van der Waals surface area contributed by atoms with E-state index in [1.165, 1.54) is 5.56 Å². The SMILES string of the molecule is CC(C)c1cccc(NC(N)=Nc2cccc3ccccc23)c1.COc1cccc(NC(N)=Nc2cccc3ccccc23)c1. The molecule has 0 spiro atoms. The molecule has 6 aromatic rings. The molecule has 6 rings (SSSR count). The topological polar surface area (TPSA) is 110 Å². The summed E-state index contributed by atoms with van der Waals surface area (Å²) in [5.74, 6) is 1.97. The highest BCUT2D eigenvalue weighted by molar-refractivity contribution is 6.00. The van der Waals surface area contributed by atoms with Gasteiger partial charge in [0.2, 0.25) is 0 Å². The number of ether oxygens (including phenoxy) is 1. The standard InChI is InChI=1S/C20H21N3.C18H17N3O/c1-14(2)16-9-5-10-17(13-16)22-20(21)23-19-12-6-8-15-7-3-4-11-18(15)19;1-22-15-9-5-8-14(12-15)20-18(19)21-17-11-4-7-13-6-2-3-10-16(13)17/h3-14H,1-2H3,(H3,21,22,23);2-12H,1H3,(H3,19,20,21). The van der Waals surface area contributed by atoms with Crippen LogP contribution in [0.3, 0.4) is 0 Å². The lowest BCUT2D eigenvalue weighted by Gasteiger charge is -2.10. The normalized spacial score (nSPS) is 11.6. The van der Waals surface area contributed by atoms with Gasteiger partial charge in [-0.2, -0.15) is 0 Å². The van der Waals surface area contributed by atoms with Gasteiger partial charge in [0.25, 0.3) is 0 Å². The van der Waals surface area contributed by atoms with Crippen LogP contribution < -0.4 is 26.8 Å². The number of nitrogens with two attached hydrogens (primary N) is 2. The molecule has 0 aliphatic rings. The lowest BCUT2D eigenvalue weighted by molar-refractivity contribution is 0.415. The Labute approximate surface area is 264 Å². The molecule has 0 bridgehead atoms. The third-order valence-electron chi connectivity index (χ3n) is 7.18. The summed E-state index contributed by atoms with van der Waals surface area (Å²) in [6.45, 7) is 4.35. The van der Waals surface area contributed by atoms with E-state index in [0.717, 1.165) is 50.0 Å². The van der Waals surface area contributed by atoms with E-state index in [1.54, 1.807) is 7.11 Å². The second-order valence-electron chi connectivity index (χ2n) is 10.8. The number of hydrogen-bond donors (Lipinski definition) is 4. The second kappa shape index (κ2) is 14.6. The van der Waals surface area contributed by atoms with Crippen LogP contribution in [-0.4, -0.2) is 19.0 Å². The van der Waals surface area contributed by atoms with Gasteiger partial charge in [0.1, 0.15) is 5.75 Å². The van der Waals surface area contributed by atoms with E-state index in [2.05, 4.69) is 76.9 Å². The molecule has 0 fully saturated rings. The van der Waals surface area contributed by atoms with Gasteiger partial charge in [0.15, 0.2) is 11.9 Å². The van der Waals surface area contributed by atoms with Gasteiger partial charge in [0, 0.05) is 28.2 Å². The summed E-state index contributed by atoms with van der Waals surface area (Å²) >= 11 is 0. The molecule has 0 aliphatic carbocycles. The first-order chi connectivity index (χ1) is 21.9. The maximum atomic E-state index is 6.09. The molecule has 0 saturated carbocycles. The number of fused-ring (bicyclic) bond motifs is 2. The number of aliphatic imine (C=N–C) groups is 2. The van der Waals surface area contributed by atoms with Crippen molar-refractivity contribution in [1.29, 1.82) is 0 Å². The van der Waals surface area contributed by atoms with Crippen LogP contribution in [0.1, 0.15) is 25.3 Å². The molecule has 0 saturated heterocycles. The summed E-state index contributed by atoms with van der Waals surface area (Å²) in [5, 5.41) is 10.7. The first kappa shape index (κ1) is 30.6. The van der Waals surface area contributed by atoms with E-state index in [4.69, 9.17) is 16.2 Å². The zero-order valence-electron chi connectivity index (χ0n) is 25.7. The van der Waals surface area contributed by atoms with Gasteiger partial charge in [-0.1, -0.05) is 105 Å². The Morgan fingerprint density at radius 2 is 1.04 bits per heavy atom. The molecule has 6 aromatic carbocycles. The molecular formula is C38H38N6O. The lowest BCUT2D eigenvalue weighted by Crippen LogP contribution is -2.22. The quantitative estimate of drug-likeness (QED) is 0.114. The average molecular weight is 595 g/mol. The van der Waals surface area contributed by atoms with E-state index >= 15 is 0 Å². The summed E-state index contributed by atoms with van der Waals surface area (Å²) in [6, 6.07) is 44.1. The van der Waals surface area contributed by atoms with Crippen molar-refractivity contribution in [3.8, 4) is 5.75 Å². The lowest BCUT2D eigenvalue weighted by atomic mass is 10.0.